The van der Waals surface area contributed by atoms with E-state index in [4.69, 9.17) is 0 Å². The van der Waals surface area contributed by atoms with Crippen molar-refractivity contribution in [3.05, 3.63) is 35.4 Å². The molecule has 0 heterocycles. The third kappa shape index (κ3) is 5.88. The lowest BCUT2D eigenvalue weighted by molar-refractivity contribution is -0.0327. The van der Waals surface area contributed by atoms with Gasteiger partial charge in [0.2, 0.25) is 0 Å². The first-order chi connectivity index (χ1) is 7.88. The summed E-state index contributed by atoms with van der Waals surface area (Å²) >= 11 is -0.154. The van der Waals surface area contributed by atoms with Crippen molar-refractivity contribution in [3.63, 3.8) is 0 Å². The minimum absolute atomic E-state index is 0.00199. The molecule has 0 atom stereocenters. The summed E-state index contributed by atoms with van der Waals surface area (Å²) in [6.07, 6.45) is 0. The van der Waals surface area contributed by atoms with Crippen molar-refractivity contribution < 1.29 is 22.0 Å². The molecule has 0 amide bonds. The first-order valence-electron chi connectivity index (χ1n) is 4.74. The second kappa shape index (κ2) is 6.20. The zero-order chi connectivity index (χ0) is 12.9. The van der Waals surface area contributed by atoms with Gasteiger partial charge in [0.1, 0.15) is 11.6 Å². The zero-order valence-electron chi connectivity index (χ0n) is 8.65. The number of rotatable bonds is 5. The summed E-state index contributed by atoms with van der Waals surface area (Å²) in [5.74, 6) is -1.32. The molecule has 0 aliphatic carbocycles. The molecule has 96 valence electrons. The SMILES string of the molecule is Fc1ccc(F)c(CNCCSC(F)(F)F)c1. The van der Waals surface area contributed by atoms with Crippen LogP contribution < -0.4 is 5.32 Å². The van der Waals surface area contributed by atoms with Crippen LogP contribution in [0.3, 0.4) is 0 Å². The van der Waals surface area contributed by atoms with Gasteiger partial charge in [0.25, 0.3) is 0 Å². The van der Waals surface area contributed by atoms with Gasteiger partial charge in [0, 0.05) is 24.4 Å². The Bertz CT molecular complexity index is 366. The van der Waals surface area contributed by atoms with Crippen LogP contribution in [-0.4, -0.2) is 17.8 Å². The molecule has 0 radical (unpaired) electrons. The van der Waals surface area contributed by atoms with E-state index in [0.717, 1.165) is 18.2 Å². The maximum Gasteiger partial charge on any atom is 0.441 e. The monoisotopic (exact) mass is 271 g/mol. The minimum Gasteiger partial charge on any atom is -0.312 e. The second-order valence-corrected chi connectivity index (χ2v) is 4.37. The fourth-order valence-corrected chi connectivity index (χ4v) is 1.62. The summed E-state index contributed by atoms with van der Waals surface area (Å²) in [5.41, 5.74) is -4.16. The summed E-state index contributed by atoms with van der Waals surface area (Å²) in [7, 11) is 0. The first-order valence-corrected chi connectivity index (χ1v) is 5.72. The maximum atomic E-state index is 13.1. The number of halogens is 5. The van der Waals surface area contributed by atoms with Crippen molar-refractivity contribution in [3.8, 4) is 0 Å². The highest BCUT2D eigenvalue weighted by Gasteiger charge is 2.27. The van der Waals surface area contributed by atoms with E-state index in [1.807, 2.05) is 0 Å². The van der Waals surface area contributed by atoms with Crippen molar-refractivity contribution in [2.24, 2.45) is 0 Å². The molecule has 0 fully saturated rings. The van der Waals surface area contributed by atoms with Gasteiger partial charge in [-0.1, -0.05) is 0 Å². The highest BCUT2D eigenvalue weighted by molar-refractivity contribution is 8.00. The van der Waals surface area contributed by atoms with Gasteiger partial charge in [-0.2, -0.15) is 13.2 Å². The van der Waals surface area contributed by atoms with Crippen LogP contribution in [0.5, 0.6) is 0 Å². The van der Waals surface area contributed by atoms with E-state index in [2.05, 4.69) is 5.32 Å². The molecule has 0 bridgehead atoms. The molecule has 0 aliphatic rings. The number of benzene rings is 1. The smallest absolute Gasteiger partial charge is 0.312 e. The number of alkyl halides is 3. The Morgan fingerprint density at radius 2 is 1.88 bits per heavy atom. The predicted octanol–water partition coefficient (Wildman–Crippen LogP) is 3.31. The highest BCUT2D eigenvalue weighted by Crippen LogP contribution is 2.29. The van der Waals surface area contributed by atoms with E-state index in [-0.39, 0.29) is 36.2 Å². The molecule has 0 saturated heterocycles. The lowest BCUT2D eigenvalue weighted by atomic mass is 10.2. The lowest BCUT2D eigenvalue weighted by Gasteiger charge is -2.07. The largest absolute Gasteiger partial charge is 0.441 e. The molecular weight excluding hydrogens is 261 g/mol. The van der Waals surface area contributed by atoms with E-state index in [9.17, 15) is 22.0 Å². The Morgan fingerprint density at radius 3 is 2.53 bits per heavy atom. The Kier molecular flexibility index (Phi) is 5.20. The highest BCUT2D eigenvalue weighted by atomic mass is 32.2. The second-order valence-electron chi connectivity index (χ2n) is 3.21. The molecule has 0 unspecified atom stereocenters. The Morgan fingerprint density at radius 1 is 1.18 bits per heavy atom. The average Bonchev–Trinajstić information content (AvgIpc) is 2.21. The van der Waals surface area contributed by atoms with Crippen molar-refractivity contribution in [2.45, 2.75) is 12.1 Å². The maximum absolute atomic E-state index is 13.1. The van der Waals surface area contributed by atoms with Gasteiger partial charge in [0.05, 0.1) is 0 Å². The Labute approximate surface area is 99.4 Å². The molecule has 1 rings (SSSR count). The molecule has 0 aliphatic heterocycles. The summed E-state index contributed by atoms with van der Waals surface area (Å²) in [6, 6.07) is 2.98. The fourth-order valence-electron chi connectivity index (χ4n) is 1.14. The molecule has 0 saturated carbocycles. The summed E-state index contributed by atoms with van der Waals surface area (Å²) in [5, 5.41) is 2.61. The van der Waals surface area contributed by atoms with Gasteiger partial charge in [-0.05, 0) is 30.0 Å². The molecule has 1 N–H and O–H groups in total. The van der Waals surface area contributed by atoms with Crippen LogP contribution in [0.1, 0.15) is 5.56 Å². The van der Waals surface area contributed by atoms with Gasteiger partial charge < -0.3 is 5.32 Å². The topological polar surface area (TPSA) is 12.0 Å². The summed E-state index contributed by atoms with van der Waals surface area (Å²) in [6.45, 7) is 0.0716. The quantitative estimate of drug-likeness (QED) is 0.651. The van der Waals surface area contributed by atoms with Crippen molar-refractivity contribution in [2.75, 3.05) is 12.3 Å². The zero-order valence-corrected chi connectivity index (χ0v) is 9.47. The molecule has 0 spiro atoms. The van der Waals surface area contributed by atoms with Gasteiger partial charge in [-0.3, -0.25) is 0 Å². The molecule has 17 heavy (non-hydrogen) atoms. The van der Waals surface area contributed by atoms with Crippen LogP contribution in [0, 0.1) is 11.6 Å². The van der Waals surface area contributed by atoms with E-state index >= 15 is 0 Å². The van der Waals surface area contributed by atoms with E-state index < -0.39 is 17.1 Å². The van der Waals surface area contributed by atoms with Crippen LogP contribution in [0.25, 0.3) is 0 Å². The number of nitrogens with one attached hydrogen (secondary N) is 1. The third-order valence-electron chi connectivity index (χ3n) is 1.87. The molecule has 1 nitrogen and oxygen atoms in total. The van der Waals surface area contributed by atoms with Crippen LogP contribution in [0.2, 0.25) is 0 Å². The predicted molar refractivity (Wildman–Crippen MR) is 56.6 cm³/mol. The molecule has 7 heteroatoms. The van der Waals surface area contributed by atoms with Crippen molar-refractivity contribution in [1.82, 2.24) is 5.32 Å². The molecule has 0 aromatic heterocycles. The molecule has 1 aromatic carbocycles. The van der Waals surface area contributed by atoms with Gasteiger partial charge in [-0.15, -0.1) is 0 Å². The van der Waals surface area contributed by atoms with E-state index in [1.165, 1.54) is 0 Å². The number of hydrogen-bond donors (Lipinski definition) is 1. The summed E-state index contributed by atoms with van der Waals surface area (Å²) < 4.78 is 61.1. The van der Waals surface area contributed by atoms with Crippen LogP contribution in [0.4, 0.5) is 22.0 Å². The molecule has 1 aromatic rings. The van der Waals surface area contributed by atoms with Crippen LogP contribution >= 0.6 is 11.8 Å². The van der Waals surface area contributed by atoms with Crippen molar-refractivity contribution >= 4 is 11.8 Å². The van der Waals surface area contributed by atoms with Gasteiger partial charge in [0.15, 0.2) is 0 Å². The third-order valence-corrected chi connectivity index (χ3v) is 2.60. The first kappa shape index (κ1) is 14.2. The fraction of sp³-hybridized carbons (Fsp3) is 0.400. The molecular formula is C10H10F5NS. The van der Waals surface area contributed by atoms with Crippen LogP contribution in [-0.2, 0) is 6.54 Å². The Balaban J connectivity index is 2.29. The van der Waals surface area contributed by atoms with Crippen LogP contribution in [0.15, 0.2) is 18.2 Å². The van der Waals surface area contributed by atoms with E-state index in [1.54, 1.807) is 0 Å². The normalized spacial score (nSPS) is 11.8. The number of hydrogen-bond acceptors (Lipinski definition) is 2. The minimum atomic E-state index is -4.26. The lowest BCUT2D eigenvalue weighted by Crippen LogP contribution is -2.19. The van der Waals surface area contributed by atoms with Gasteiger partial charge >= 0.3 is 5.51 Å². The van der Waals surface area contributed by atoms with Gasteiger partial charge in [-0.25, -0.2) is 8.78 Å². The van der Waals surface area contributed by atoms with E-state index in [0.29, 0.717) is 0 Å². The van der Waals surface area contributed by atoms with Crippen molar-refractivity contribution in [1.29, 1.82) is 0 Å². The Hall–Kier alpha value is -0.820. The standard InChI is InChI=1S/C10H10F5NS/c11-8-1-2-9(12)7(5-8)6-16-3-4-17-10(13,14)15/h1-2,5,16H,3-4,6H2. The number of thioether (sulfide) groups is 1. The summed E-state index contributed by atoms with van der Waals surface area (Å²) in [4.78, 5) is 0. The average molecular weight is 271 g/mol.